The highest BCUT2D eigenvalue weighted by Gasteiger charge is 2.22. The van der Waals surface area contributed by atoms with E-state index < -0.39 is 16.1 Å². The van der Waals surface area contributed by atoms with Gasteiger partial charge >= 0.3 is 0 Å². The fraction of sp³-hybridized carbons (Fsp3) is 0.462. The van der Waals surface area contributed by atoms with E-state index in [2.05, 4.69) is 9.82 Å². The minimum atomic E-state index is -3.42. The van der Waals surface area contributed by atoms with Crippen molar-refractivity contribution in [2.24, 2.45) is 0 Å². The van der Waals surface area contributed by atoms with E-state index in [1.807, 2.05) is 24.4 Å². The number of nitrogens with zero attached hydrogens (tertiary/aromatic N) is 2. The van der Waals surface area contributed by atoms with Gasteiger partial charge in [0.05, 0.1) is 37.2 Å². The van der Waals surface area contributed by atoms with Crippen LogP contribution >= 0.6 is 0 Å². The number of nitrogens with one attached hydrogen (secondary N) is 1. The first-order valence-corrected chi connectivity index (χ1v) is 8.37. The lowest BCUT2D eigenvalue weighted by molar-refractivity contribution is -0.0783. The molecule has 21 heavy (non-hydrogen) atoms. The van der Waals surface area contributed by atoms with Crippen molar-refractivity contribution in [2.75, 3.05) is 25.6 Å². The minimum Gasteiger partial charge on any atom is -0.376 e. The van der Waals surface area contributed by atoms with Gasteiger partial charge < -0.3 is 9.47 Å². The van der Waals surface area contributed by atoms with Gasteiger partial charge in [0.25, 0.3) is 0 Å². The molecular formula is C13H17N3O4S. The molecule has 1 aliphatic rings. The zero-order valence-corrected chi connectivity index (χ0v) is 12.3. The van der Waals surface area contributed by atoms with Crippen molar-refractivity contribution in [1.82, 2.24) is 14.3 Å². The first-order valence-electron chi connectivity index (χ1n) is 6.72. The Bertz CT molecular complexity index is 707. The fourth-order valence-corrected chi connectivity index (χ4v) is 3.46. The summed E-state index contributed by atoms with van der Waals surface area (Å²) in [5, 5.41) is 4.12. The molecule has 0 spiro atoms. The SMILES string of the molecule is O=S(=O)(CC1COCCO1)NCc1cccn2nccc12. The third-order valence-corrected chi connectivity index (χ3v) is 4.69. The average molecular weight is 311 g/mol. The summed E-state index contributed by atoms with van der Waals surface area (Å²) >= 11 is 0. The van der Waals surface area contributed by atoms with Crippen LogP contribution in [0.25, 0.3) is 5.52 Å². The van der Waals surface area contributed by atoms with E-state index >= 15 is 0 Å². The van der Waals surface area contributed by atoms with Gasteiger partial charge in [0.1, 0.15) is 0 Å². The van der Waals surface area contributed by atoms with Crippen molar-refractivity contribution < 1.29 is 17.9 Å². The lowest BCUT2D eigenvalue weighted by Crippen LogP contribution is -2.38. The Morgan fingerprint density at radius 3 is 3.10 bits per heavy atom. The quantitative estimate of drug-likeness (QED) is 0.851. The maximum absolute atomic E-state index is 12.1. The van der Waals surface area contributed by atoms with Crippen molar-refractivity contribution in [1.29, 1.82) is 0 Å². The third kappa shape index (κ3) is 3.59. The van der Waals surface area contributed by atoms with E-state index in [-0.39, 0.29) is 12.3 Å². The van der Waals surface area contributed by atoms with Crippen LogP contribution < -0.4 is 4.72 Å². The van der Waals surface area contributed by atoms with Gasteiger partial charge in [0.15, 0.2) is 0 Å². The molecule has 114 valence electrons. The molecule has 2 aromatic heterocycles. The molecule has 1 fully saturated rings. The minimum absolute atomic E-state index is 0.0879. The maximum atomic E-state index is 12.1. The number of pyridine rings is 1. The normalized spacial score (nSPS) is 19.9. The van der Waals surface area contributed by atoms with E-state index in [4.69, 9.17) is 9.47 Å². The molecule has 0 aromatic carbocycles. The average Bonchev–Trinajstić information content (AvgIpc) is 2.95. The number of hydrogen-bond donors (Lipinski definition) is 1. The van der Waals surface area contributed by atoms with Gasteiger partial charge in [-0.05, 0) is 17.7 Å². The molecule has 8 heteroatoms. The van der Waals surface area contributed by atoms with Crippen LogP contribution in [0.1, 0.15) is 5.56 Å². The van der Waals surface area contributed by atoms with Gasteiger partial charge in [0, 0.05) is 18.9 Å². The lowest BCUT2D eigenvalue weighted by atomic mass is 10.2. The maximum Gasteiger partial charge on any atom is 0.214 e. The molecular weight excluding hydrogens is 294 g/mol. The van der Waals surface area contributed by atoms with E-state index in [0.717, 1.165) is 11.1 Å². The summed E-state index contributed by atoms with van der Waals surface area (Å²) in [6.07, 6.45) is 3.10. The number of ether oxygens (including phenoxy) is 2. The Hall–Kier alpha value is -1.48. The number of aromatic nitrogens is 2. The monoisotopic (exact) mass is 311 g/mol. The highest BCUT2D eigenvalue weighted by atomic mass is 32.2. The summed E-state index contributed by atoms with van der Waals surface area (Å²) in [5.41, 5.74) is 1.76. The van der Waals surface area contributed by atoms with Gasteiger partial charge in [-0.3, -0.25) is 0 Å². The lowest BCUT2D eigenvalue weighted by Gasteiger charge is -2.22. The Labute approximate surface area is 122 Å². The molecule has 7 nitrogen and oxygen atoms in total. The van der Waals surface area contributed by atoms with Gasteiger partial charge in [-0.2, -0.15) is 5.10 Å². The fourth-order valence-electron chi connectivity index (χ4n) is 2.29. The molecule has 1 atom stereocenters. The highest BCUT2D eigenvalue weighted by Crippen LogP contribution is 2.10. The van der Waals surface area contributed by atoms with Crippen molar-refractivity contribution in [3.05, 3.63) is 36.2 Å². The Balaban J connectivity index is 1.64. The predicted molar refractivity (Wildman–Crippen MR) is 76.4 cm³/mol. The van der Waals surface area contributed by atoms with Gasteiger partial charge in [-0.1, -0.05) is 6.07 Å². The second-order valence-corrected chi connectivity index (χ2v) is 6.72. The van der Waals surface area contributed by atoms with Crippen molar-refractivity contribution in [3.63, 3.8) is 0 Å². The smallest absolute Gasteiger partial charge is 0.214 e. The van der Waals surface area contributed by atoms with Crippen molar-refractivity contribution in [2.45, 2.75) is 12.6 Å². The molecule has 0 radical (unpaired) electrons. The topological polar surface area (TPSA) is 81.9 Å². The Morgan fingerprint density at radius 2 is 2.29 bits per heavy atom. The third-order valence-electron chi connectivity index (χ3n) is 3.30. The van der Waals surface area contributed by atoms with E-state index in [9.17, 15) is 8.42 Å². The second kappa shape index (κ2) is 6.10. The van der Waals surface area contributed by atoms with Crippen molar-refractivity contribution in [3.8, 4) is 0 Å². The molecule has 1 aliphatic heterocycles. The molecule has 3 rings (SSSR count). The predicted octanol–water partition coefficient (Wildman–Crippen LogP) is 0.169. The van der Waals surface area contributed by atoms with Crippen LogP contribution in [0.5, 0.6) is 0 Å². The number of sulfonamides is 1. The Morgan fingerprint density at radius 1 is 1.38 bits per heavy atom. The summed E-state index contributed by atoms with van der Waals surface area (Å²) in [5.74, 6) is -0.0879. The number of hydrogen-bond acceptors (Lipinski definition) is 5. The molecule has 3 heterocycles. The zero-order chi connectivity index (χ0) is 14.7. The van der Waals surface area contributed by atoms with Crippen LogP contribution in [0.3, 0.4) is 0 Å². The summed E-state index contributed by atoms with van der Waals surface area (Å²) in [4.78, 5) is 0. The molecule has 1 saturated heterocycles. The van der Waals surface area contributed by atoms with Crippen molar-refractivity contribution >= 4 is 15.5 Å². The molecule has 2 aromatic rings. The molecule has 0 aliphatic carbocycles. The molecule has 0 bridgehead atoms. The summed E-state index contributed by atoms with van der Waals surface area (Å²) in [7, 11) is -3.42. The zero-order valence-electron chi connectivity index (χ0n) is 11.4. The van der Waals surface area contributed by atoms with E-state index in [1.54, 1.807) is 10.7 Å². The van der Waals surface area contributed by atoms with E-state index in [1.165, 1.54) is 0 Å². The standard InChI is InChI=1S/C13H17N3O4S/c17-21(18,10-12-9-19-6-7-20-12)15-8-11-2-1-5-16-13(11)3-4-14-16/h1-5,12,15H,6-10H2. The molecule has 0 saturated carbocycles. The van der Waals surface area contributed by atoms with Crippen LogP contribution in [0.15, 0.2) is 30.6 Å². The number of rotatable bonds is 5. The van der Waals surface area contributed by atoms with E-state index in [0.29, 0.717) is 19.8 Å². The molecule has 1 unspecified atom stereocenters. The van der Waals surface area contributed by atoms with Crippen LogP contribution in [-0.2, 0) is 26.0 Å². The van der Waals surface area contributed by atoms with Crippen LogP contribution in [0, 0.1) is 0 Å². The largest absolute Gasteiger partial charge is 0.376 e. The van der Waals surface area contributed by atoms with Gasteiger partial charge in [0.2, 0.25) is 10.0 Å². The first kappa shape index (κ1) is 14.5. The second-order valence-electron chi connectivity index (χ2n) is 4.86. The van der Waals surface area contributed by atoms with Crippen LogP contribution in [0.2, 0.25) is 0 Å². The Kier molecular flexibility index (Phi) is 4.20. The van der Waals surface area contributed by atoms with Gasteiger partial charge in [-0.25, -0.2) is 17.7 Å². The summed E-state index contributed by atoms with van der Waals surface area (Å²) in [6.45, 7) is 1.51. The summed E-state index contributed by atoms with van der Waals surface area (Å²) in [6, 6.07) is 5.56. The summed E-state index contributed by atoms with van der Waals surface area (Å²) < 4.78 is 39.0. The van der Waals surface area contributed by atoms with Gasteiger partial charge in [-0.15, -0.1) is 0 Å². The van der Waals surface area contributed by atoms with Crippen LogP contribution in [0.4, 0.5) is 0 Å². The highest BCUT2D eigenvalue weighted by molar-refractivity contribution is 7.89. The number of fused-ring (bicyclic) bond motifs is 1. The van der Waals surface area contributed by atoms with Crippen LogP contribution in [-0.4, -0.2) is 49.7 Å². The molecule has 1 N–H and O–H groups in total. The first-order chi connectivity index (χ1) is 10.1. The molecule has 0 amide bonds.